The molecule has 7 aromatic carbocycles. The molecule has 0 atom stereocenters. The maximum absolute atomic E-state index is 2.61. The van der Waals surface area contributed by atoms with Gasteiger partial charge in [0.25, 0.3) is 6.71 Å². The molecule has 0 amide bonds. The molecule has 0 aliphatic carbocycles. The molecule has 4 heteroatoms. The van der Waals surface area contributed by atoms with E-state index >= 15 is 0 Å². The number of hydrogen-bond donors (Lipinski definition) is 0. The van der Waals surface area contributed by atoms with E-state index < -0.39 is 0 Å². The van der Waals surface area contributed by atoms with Crippen molar-refractivity contribution in [1.82, 2.24) is 9.13 Å². The molecule has 0 unspecified atom stereocenters. The van der Waals surface area contributed by atoms with E-state index in [1.807, 2.05) is 11.3 Å². The molecule has 0 fully saturated rings. The minimum atomic E-state index is 0.209. The number of hydrogen-bond acceptors (Lipinski definition) is 1. The number of fused-ring (bicyclic) bond motifs is 11. The predicted octanol–water partition coefficient (Wildman–Crippen LogP) is 8.01. The SMILES string of the molecule is c1cc2c3c(c1)-n1c4sccc4c4cc5ccc6c7ccccc7c7cc8c9ccccc9n-2c8c2c7c6c5c(c41)B32. The Morgan fingerprint density at radius 2 is 1.21 bits per heavy atom. The number of rotatable bonds is 0. The van der Waals surface area contributed by atoms with Crippen molar-refractivity contribution < 1.29 is 0 Å². The average molecular weight is 544 g/mol. The van der Waals surface area contributed by atoms with Crippen LogP contribution in [0.3, 0.4) is 0 Å². The van der Waals surface area contributed by atoms with E-state index in [2.05, 4.69) is 112 Å². The van der Waals surface area contributed by atoms with Gasteiger partial charge in [0.1, 0.15) is 4.83 Å². The van der Waals surface area contributed by atoms with Crippen LogP contribution in [0.1, 0.15) is 0 Å². The normalized spacial score (nSPS) is 14.1. The van der Waals surface area contributed by atoms with Crippen LogP contribution in [0.25, 0.3) is 97.4 Å². The fourth-order valence-corrected chi connectivity index (χ4v) is 10.5. The van der Waals surface area contributed by atoms with Gasteiger partial charge in [0.2, 0.25) is 0 Å². The molecule has 6 heterocycles. The summed E-state index contributed by atoms with van der Waals surface area (Å²) in [7, 11) is 0. The summed E-state index contributed by atoms with van der Waals surface area (Å²) < 4.78 is 5.21. The molecular weight excluding hydrogens is 527 g/mol. The van der Waals surface area contributed by atoms with E-state index in [9.17, 15) is 0 Å². The Hall–Kier alpha value is -5.06. The van der Waals surface area contributed by atoms with Gasteiger partial charge in [-0.15, -0.1) is 11.3 Å². The van der Waals surface area contributed by atoms with Crippen LogP contribution in [-0.4, -0.2) is 15.8 Å². The second kappa shape index (κ2) is 6.08. The van der Waals surface area contributed by atoms with Gasteiger partial charge in [-0.05, 0) is 101 Å². The first-order valence-corrected chi connectivity index (χ1v) is 15.6. The van der Waals surface area contributed by atoms with Gasteiger partial charge in [0, 0.05) is 32.9 Å². The number of nitrogens with zero attached hydrogens (tertiary/aromatic N) is 2. The molecule has 0 bridgehead atoms. The summed E-state index contributed by atoms with van der Waals surface area (Å²) in [4.78, 5) is 1.36. The van der Waals surface area contributed by atoms with Crippen LogP contribution in [0.5, 0.6) is 0 Å². The van der Waals surface area contributed by atoms with E-state index in [0.717, 1.165) is 0 Å². The van der Waals surface area contributed by atoms with Crippen molar-refractivity contribution in [3.05, 3.63) is 102 Å². The number of benzene rings is 7. The molecule has 3 aliphatic heterocycles. The van der Waals surface area contributed by atoms with Crippen LogP contribution in [0.15, 0.2) is 102 Å². The first-order valence-electron chi connectivity index (χ1n) is 14.7. The Bertz CT molecular complexity index is 3020. The van der Waals surface area contributed by atoms with E-state index in [4.69, 9.17) is 0 Å². The summed E-state index contributed by atoms with van der Waals surface area (Å²) in [5.41, 5.74) is 11.3. The van der Waals surface area contributed by atoms with Crippen molar-refractivity contribution in [2.24, 2.45) is 0 Å². The van der Waals surface area contributed by atoms with E-state index in [-0.39, 0.29) is 6.71 Å². The van der Waals surface area contributed by atoms with Gasteiger partial charge in [-0.25, -0.2) is 0 Å². The lowest BCUT2D eigenvalue weighted by Crippen LogP contribution is -2.60. The second-order valence-corrected chi connectivity index (χ2v) is 13.3. The predicted molar refractivity (Wildman–Crippen MR) is 181 cm³/mol. The summed E-state index contributed by atoms with van der Waals surface area (Å²) in [6, 6.07) is 37.3. The zero-order valence-corrected chi connectivity index (χ0v) is 23.0. The highest BCUT2D eigenvalue weighted by Gasteiger charge is 2.45. The van der Waals surface area contributed by atoms with Crippen LogP contribution in [-0.2, 0) is 0 Å². The monoisotopic (exact) mass is 544 g/mol. The minimum Gasteiger partial charge on any atom is -0.310 e. The van der Waals surface area contributed by atoms with Crippen molar-refractivity contribution in [2.45, 2.75) is 0 Å². The lowest BCUT2D eigenvalue weighted by molar-refractivity contribution is 1.15. The first kappa shape index (κ1) is 19.9. The largest absolute Gasteiger partial charge is 0.310 e. The first-order chi connectivity index (χ1) is 20.9. The number of aromatic nitrogens is 2. The van der Waals surface area contributed by atoms with Gasteiger partial charge in [-0.1, -0.05) is 60.7 Å². The molecule has 42 heavy (non-hydrogen) atoms. The van der Waals surface area contributed by atoms with Crippen molar-refractivity contribution in [3.63, 3.8) is 0 Å². The second-order valence-electron chi connectivity index (χ2n) is 12.4. The zero-order valence-electron chi connectivity index (χ0n) is 22.2. The summed E-state index contributed by atoms with van der Waals surface area (Å²) in [5, 5.41) is 19.0. The van der Waals surface area contributed by atoms with Crippen molar-refractivity contribution >= 4 is 120 Å². The Balaban J connectivity index is 1.50. The van der Waals surface area contributed by atoms with E-state index in [1.54, 1.807) is 0 Å². The Kier molecular flexibility index (Phi) is 2.89. The highest BCUT2D eigenvalue weighted by Crippen LogP contribution is 2.48. The zero-order chi connectivity index (χ0) is 26.6. The average Bonchev–Trinajstić information content (AvgIpc) is 3.73. The van der Waals surface area contributed by atoms with Crippen LogP contribution < -0.4 is 16.4 Å². The van der Waals surface area contributed by atoms with Crippen molar-refractivity contribution in [3.8, 4) is 11.4 Å². The quantitative estimate of drug-likeness (QED) is 0.135. The van der Waals surface area contributed by atoms with Crippen LogP contribution in [0, 0.1) is 0 Å². The van der Waals surface area contributed by atoms with Gasteiger partial charge in [0.15, 0.2) is 0 Å². The maximum Gasteiger partial charge on any atom is 0.253 e. The molecule has 3 aliphatic rings. The summed E-state index contributed by atoms with van der Waals surface area (Å²) in [5.74, 6) is 0. The molecule has 3 aromatic heterocycles. The summed E-state index contributed by atoms with van der Waals surface area (Å²) >= 11 is 1.87. The van der Waals surface area contributed by atoms with Crippen LogP contribution in [0.4, 0.5) is 0 Å². The molecule has 0 N–H and O–H groups in total. The van der Waals surface area contributed by atoms with Gasteiger partial charge in [-0.3, -0.25) is 0 Å². The fourth-order valence-electron chi connectivity index (χ4n) is 9.52. The van der Waals surface area contributed by atoms with Gasteiger partial charge in [0.05, 0.1) is 16.6 Å². The third kappa shape index (κ3) is 1.79. The Morgan fingerprint density at radius 3 is 2.12 bits per heavy atom. The standard InChI is InChI=1S/C38H17BN2S/c1-2-7-20-19(6-1)22-13-12-18-16-25-23-14-15-42-38(23)41-29-11-5-10-28-33(29)39-34(37(25)41)30(18)31(22)32-24(20)17-26-21-8-3-4-9-27(21)40(28)36(26)35(32)39/h1-17H. The lowest BCUT2D eigenvalue weighted by Gasteiger charge is -2.37. The fraction of sp³-hybridized carbons (Fsp3) is 0. The van der Waals surface area contributed by atoms with Crippen molar-refractivity contribution in [2.75, 3.05) is 0 Å². The van der Waals surface area contributed by atoms with Crippen LogP contribution >= 0.6 is 11.3 Å². The lowest BCUT2D eigenvalue weighted by atomic mass is 9.32. The molecule has 0 saturated heterocycles. The number of thiophene rings is 1. The van der Waals surface area contributed by atoms with Crippen LogP contribution in [0.2, 0.25) is 0 Å². The van der Waals surface area contributed by atoms with Gasteiger partial charge >= 0.3 is 0 Å². The Labute approximate surface area is 242 Å². The molecule has 13 rings (SSSR count). The summed E-state index contributed by atoms with van der Waals surface area (Å²) in [6.07, 6.45) is 0. The Morgan fingerprint density at radius 1 is 0.476 bits per heavy atom. The molecular formula is C38H17BN2S. The highest BCUT2D eigenvalue weighted by molar-refractivity contribution is 7.17. The third-order valence-electron chi connectivity index (χ3n) is 10.8. The minimum absolute atomic E-state index is 0.209. The smallest absolute Gasteiger partial charge is 0.253 e. The maximum atomic E-state index is 2.61. The molecule has 0 spiro atoms. The van der Waals surface area contributed by atoms with E-state index in [1.165, 1.54) is 114 Å². The van der Waals surface area contributed by atoms with Gasteiger partial charge < -0.3 is 9.13 Å². The molecule has 188 valence electrons. The summed E-state index contributed by atoms with van der Waals surface area (Å²) in [6.45, 7) is 0.209. The van der Waals surface area contributed by atoms with E-state index in [0.29, 0.717) is 0 Å². The molecule has 0 radical (unpaired) electrons. The van der Waals surface area contributed by atoms with Gasteiger partial charge in [-0.2, -0.15) is 0 Å². The molecule has 2 nitrogen and oxygen atoms in total. The topological polar surface area (TPSA) is 9.86 Å². The van der Waals surface area contributed by atoms with Crippen molar-refractivity contribution in [1.29, 1.82) is 0 Å². The third-order valence-corrected chi connectivity index (χ3v) is 11.7. The number of para-hydroxylation sites is 1. The highest BCUT2D eigenvalue weighted by atomic mass is 32.1. The molecule has 0 saturated carbocycles. The molecule has 10 aromatic rings.